The molecule has 0 aliphatic rings. The van der Waals surface area contributed by atoms with Crippen molar-refractivity contribution in [3.05, 3.63) is 66.2 Å². The standard InChI is InChI=1S/C19H27NP/c1-16(2)21(17(3)4,15-18-11-7-5-8-12-18)20-19-13-9-6-10-14-19/h5-14,16-17,20H,15H2,1-4H3/q+1. The minimum Gasteiger partial charge on any atom is -0.260 e. The van der Waals surface area contributed by atoms with Gasteiger partial charge < -0.3 is 0 Å². The van der Waals surface area contributed by atoms with Gasteiger partial charge in [0.15, 0.2) is 0 Å². The van der Waals surface area contributed by atoms with E-state index in [-0.39, 0.29) is 0 Å². The first-order chi connectivity index (χ1) is 10.0. The Morgan fingerprint density at radius 2 is 1.24 bits per heavy atom. The molecule has 0 saturated heterocycles. The molecule has 0 saturated carbocycles. The Morgan fingerprint density at radius 1 is 0.762 bits per heavy atom. The summed E-state index contributed by atoms with van der Waals surface area (Å²) in [5.41, 5.74) is 4.00. The number of hydrogen-bond donors (Lipinski definition) is 1. The Kier molecular flexibility index (Phi) is 5.42. The smallest absolute Gasteiger partial charge is 0.111 e. The molecule has 0 heterocycles. The zero-order chi connectivity index (χ0) is 15.3. The van der Waals surface area contributed by atoms with Crippen molar-refractivity contribution in [1.29, 1.82) is 0 Å². The molecule has 0 aliphatic heterocycles. The van der Waals surface area contributed by atoms with Crippen LogP contribution in [0.25, 0.3) is 0 Å². The van der Waals surface area contributed by atoms with E-state index in [4.69, 9.17) is 0 Å². The molecule has 0 bridgehead atoms. The van der Waals surface area contributed by atoms with Gasteiger partial charge in [0.2, 0.25) is 0 Å². The van der Waals surface area contributed by atoms with Gasteiger partial charge in [0, 0.05) is 0 Å². The molecule has 0 radical (unpaired) electrons. The maximum Gasteiger partial charge on any atom is 0.111 e. The second kappa shape index (κ2) is 7.09. The molecule has 0 amide bonds. The van der Waals surface area contributed by atoms with E-state index in [1.807, 2.05) is 0 Å². The molecule has 2 aromatic carbocycles. The van der Waals surface area contributed by atoms with E-state index in [9.17, 15) is 0 Å². The second-order valence-electron chi connectivity index (χ2n) is 6.24. The summed E-state index contributed by atoms with van der Waals surface area (Å²) in [5, 5.41) is 3.95. The number of rotatable bonds is 6. The van der Waals surface area contributed by atoms with Gasteiger partial charge in [-0.2, -0.15) is 0 Å². The molecule has 21 heavy (non-hydrogen) atoms. The predicted octanol–water partition coefficient (Wildman–Crippen LogP) is 6.05. The first kappa shape index (κ1) is 16.0. The summed E-state index contributed by atoms with van der Waals surface area (Å²) in [4.78, 5) is 0. The minimum atomic E-state index is -1.33. The van der Waals surface area contributed by atoms with E-state index < -0.39 is 7.41 Å². The molecule has 1 nitrogen and oxygen atoms in total. The van der Waals surface area contributed by atoms with Crippen LogP contribution in [-0.2, 0) is 6.16 Å². The lowest BCUT2D eigenvalue weighted by Crippen LogP contribution is -2.24. The van der Waals surface area contributed by atoms with Crippen molar-refractivity contribution in [2.75, 3.05) is 5.09 Å². The summed E-state index contributed by atoms with van der Waals surface area (Å²) in [7, 11) is -1.33. The molecule has 0 atom stereocenters. The topological polar surface area (TPSA) is 12.0 Å². The molecular weight excluding hydrogens is 273 g/mol. The molecule has 0 fully saturated rings. The van der Waals surface area contributed by atoms with Gasteiger partial charge in [-0.3, -0.25) is 5.09 Å². The number of para-hydroxylation sites is 1. The first-order valence-electron chi connectivity index (χ1n) is 7.79. The molecule has 0 aliphatic carbocycles. The van der Waals surface area contributed by atoms with Crippen LogP contribution in [0.2, 0.25) is 0 Å². The van der Waals surface area contributed by atoms with Gasteiger partial charge in [-0.15, -0.1) is 0 Å². The lowest BCUT2D eigenvalue weighted by atomic mass is 10.2. The van der Waals surface area contributed by atoms with Gasteiger partial charge in [0.1, 0.15) is 13.6 Å². The highest BCUT2D eigenvalue weighted by Crippen LogP contribution is 2.67. The van der Waals surface area contributed by atoms with Crippen LogP contribution >= 0.6 is 7.41 Å². The van der Waals surface area contributed by atoms with Gasteiger partial charge in [-0.25, -0.2) is 0 Å². The van der Waals surface area contributed by atoms with Crippen LogP contribution in [-0.4, -0.2) is 11.3 Å². The molecule has 2 rings (SSSR count). The lowest BCUT2D eigenvalue weighted by molar-refractivity contribution is 0.968. The highest BCUT2D eigenvalue weighted by molar-refractivity contribution is 7.77. The van der Waals surface area contributed by atoms with E-state index in [2.05, 4.69) is 93.4 Å². The van der Waals surface area contributed by atoms with E-state index in [1.165, 1.54) is 11.3 Å². The average Bonchev–Trinajstić information content (AvgIpc) is 2.48. The Balaban J connectivity index is 2.34. The fourth-order valence-electron chi connectivity index (χ4n) is 2.90. The first-order valence-corrected chi connectivity index (χ1v) is 9.90. The molecule has 0 spiro atoms. The monoisotopic (exact) mass is 300 g/mol. The van der Waals surface area contributed by atoms with E-state index in [0.29, 0.717) is 11.3 Å². The van der Waals surface area contributed by atoms with Crippen molar-refractivity contribution < 1.29 is 0 Å². The number of nitrogens with one attached hydrogen (secondary N) is 1. The number of anilines is 1. The van der Waals surface area contributed by atoms with Crippen LogP contribution in [0.15, 0.2) is 60.7 Å². The van der Waals surface area contributed by atoms with Crippen molar-refractivity contribution in [2.24, 2.45) is 0 Å². The Labute approximate surface area is 130 Å². The zero-order valence-corrected chi connectivity index (χ0v) is 14.5. The normalized spacial score (nSPS) is 11.9. The summed E-state index contributed by atoms with van der Waals surface area (Å²) in [6.45, 7) is 9.47. The average molecular weight is 300 g/mol. The fraction of sp³-hybridized carbons (Fsp3) is 0.368. The van der Waals surface area contributed by atoms with Crippen LogP contribution in [0.3, 0.4) is 0 Å². The number of hydrogen-bond acceptors (Lipinski definition) is 1. The zero-order valence-electron chi connectivity index (χ0n) is 13.6. The highest BCUT2D eigenvalue weighted by atomic mass is 31.2. The summed E-state index contributed by atoms with van der Waals surface area (Å²) in [5.74, 6) is 0. The molecule has 2 heteroatoms. The van der Waals surface area contributed by atoms with Crippen molar-refractivity contribution in [3.8, 4) is 0 Å². The van der Waals surface area contributed by atoms with Gasteiger partial charge in [-0.05, 0) is 45.4 Å². The van der Waals surface area contributed by atoms with Crippen molar-refractivity contribution >= 4 is 13.1 Å². The number of benzene rings is 2. The third-order valence-electron chi connectivity index (χ3n) is 4.24. The lowest BCUT2D eigenvalue weighted by Gasteiger charge is -2.35. The molecule has 112 valence electrons. The summed E-state index contributed by atoms with van der Waals surface area (Å²) < 4.78 is 0. The van der Waals surface area contributed by atoms with Crippen LogP contribution in [0.1, 0.15) is 33.3 Å². The van der Waals surface area contributed by atoms with E-state index in [0.717, 1.165) is 6.16 Å². The summed E-state index contributed by atoms with van der Waals surface area (Å²) in [6.07, 6.45) is 1.15. The summed E-state index contributed by atoms with van der Waals surface area (Å²) in [6, 6.07) is 21.6. The van der Waals surface area contributed by atoms with E-state index >= 15 is 0 Å². The van der Waals surface area contributed by atoms with Gasteiger partial charge in [0.05, 0.1) is 17.0 Å². The van der Waals surface area contributed by atoms with Crippen molar-refractivity contribution in [3.63, 3.8) is 0 Å². The minimum absolute atomic E-state index is 0.651. The van der Waals surface area contributed by atoms with Gasteiger partial charge in [-0.1, -0.05) is 48.5 Å². The molecule has 0 unspecified atom stereocenters. The quantitative estimate of drug-likeness (QED) is 0.640. The Morgan fingerprint density at radius 3 is 1.71 bits per heavy atom. The van der Waals surface area contributed by atoms with Crippen molar-refractivity contribution in [2.45, 2.75) is 45.2 Å². The second-order valence-corrected chi connectivity index (χ2v) is 10.7. The fourth-order valence-corrected chi connectivity index (χ4v) is 6.86. The van der Waals surface area contributed by atoms with E-state index in [1.54, 1.807) is 0 Å². The Hall–Kier alpha value is -1.33. The van der Waals surface area contributed by atoms with Gasteiger partial charge >= 0.3 is 0 Å². The van der Waals surface area contributed by atoms with Crippen LogP contribution < -0.4 is 5.09 Å². The highest BCUT2D eigenvalue weighted by Gasteiger charge is 2.45. The van der Waals surface area contributed by atoms with Gasteiger partial charge in [0.25, 0.3) is 0 Å². The van der Waals surface area contributed by atoms with Crippen LogP contribution in [0, 0.1) is 0 Å². The Bertz CT molecular complexity index is 483. The maximum atomic E-state index is 3.95. The maximum absolute atomic E-state index is 3.95. The molecule has 2 aromatic rings. The van der Waals surface area contributed by atoms with Crippen LogP contribution in [0.5, 0.6) is 0 Å². The predicted molar refractivity (Wildman–Crippen MR) is 97.4 cm³/mol. The molecular formula is C19H27NP+. The SMILES string of the molecule is CC(C)[P+](Cc1ccccc1)(Nc1ccccc1)C(C)C. The molecule has 0 aromatic heterocycles. The van der Waals surface area contributed by atoms with Crippen LogP contribution in [0.4, 0.5) is 5.69 Å². The third-order valence-corrected chi connectivity index (χ3v) is 9.49. The largest absolute Gasteiger partial charge is 0.260 e. The third kappa shape index (κ3) is 3.86. The molecule has 1 N–H and O–H groups in total. The summed E-state index contributed by atoms with van der Waals surface area (Å²) >= 11 is 0. The van der Waals surface area contributed by atoms with Crippen molar-refractivity contribution in [1.82, 2.24) is 0 Å².